The first kappa shape index (κ1) is 13.3. The Morgan fingerprint density at radius 3 is 2.29 bits per heavy atom. The molecule has 5 nitrogen and oxygen atoms in total. The van der Waals surface area contributed by atoms with E-state index < -0.39 is 11.9 Å². The number of rotatable bonds is 5. The fourth-order valence-electron chi connectivity index (χ4n) is 1.58. The number of methoxy groups -OCH3 is 2. The number of aryl methyl sites for hydroxylation is 1. The molecule has 1 aromatic carbocycles. The van der Waals surface area contributed by atoms with Crippen molar-refractivity contribution in [2.24, 2.45) is 11.5 Å². The Morgan fingerprint density at radius 2 is 1.82 bits per heavy atom. The summed E-state index contributed by atoms with van der Waals surface area (Å²) >= 11 is 0. The average Bonchev–Trinajstić information content (AvgIpc) is 2.30. The normalized spacial score (nSPS) is 12.0. The van der Waals surface area contributed by atoms with Crippen LogP contribution in [-0.4, -0.2) is 26.2 Å². The van der Waals surface area contributed by atoms with Crippen LogP contribution in [0.15, 0.2) is 12.1 Å². The Bertz CT molecular complexity index is 418. The molecule has 0 bridgehead atoms. The van der Waals surface area contributed by atoms with E-state index in [2.05, 4.69) is 0 Å². The first-order valence-electron chi connectivity index (χ1n) is 5.26. The standard InChI is InChI=1S/C12H18N2O3/c1-7-4-10(16-2)11(17-3)6-8(7)5-9(13)12(14)15/h4,6,9H,5,13H2,1-3H3,(H2,14,15). The summed E-state index contributed by atoms with van der Waals surface area (Å²) in [6.45, 7) is 1.92. The van der Waals surface area contributed by atoms with Crippen LogP contribution in [0.4, 0.5) is 0 Å². The number of carbonyl (C=O) groups excluding carboxylic acids is 1. The molecule has 1 amide bonds. The molecule has 4 N–H and O–H groups in total. The summed E-state index contributed by atoms with van der Waals surface area (Å²) in [5, 5.41) is 0. The van der Waals surface area contributed by atoms with Crippen molar-refractivity contribution in [2.75, 3.05) is 14.2 Å². The SMILES string of the molecule is COc1cc(C)c(CC(N)C(N)=O)cc1OC. The Balaban J connectivity index is 3.04. The third kappa shape index (κ3) is 3.10. The smallest absolute Gasteiger partial charge is 0.234 e. The van der Waals surface area contributed by atoms with Crippen molar-refractivity contribution in [2.45, 2.75) is 19.4 Å². The zero-order valence-corrected chi connectivity index (χ0v) is 10.3. The molecule has 0 saturated carbocycles. The third-order valence-electron chi connectivity index (χ3n) is 2.65. The largest absolute Gasteiger partial charge is 0.493 e. The van der Waals surface area contributed by atoms with Crippen LogP contribution >= 0.6 is 0 Å². The lowest BCUT2D eigenvalue weighted by Gasteiger charge is -2.14. The molecule has 0 spiro atoms. The van der Waals surface area contributed by atoms with Gasteiger partial charge in [0.05, 0.1) is 20.3 Å². The van der Waals surface area contributed by atoms with Crippen LogP contribution in [0.25, 0.3) is 0 Å². The summed E-state index contributed by atoms with van der Waals surface area (Å²) in [4.78, 5) is 10.9. The predicted octanol–water partition coefficient (Wildman–Crippen LogP) is 0.367. The van der Waals surface area contributed by atoms with E-state index in [-0.39, 0.29) is 0 Å². The fourth-order valence-corrected chi connectivity index (χ4v) is 1.58. The highest BCUT2D eigenvalue weighted by atomic mass is 16.5. The first-order valence-corrected chi connectivity index (χ1v) is 5.26. The van der Waals surface area contributed by atoms with Gasteiger partial charge in [0.15, 0.2) is 11.5 Å². The van der Waals surface area contributed by atoms with E-state index in [4.69, 9.17) is 20.9 Å². The van der Waals surface area contributed by atoms with Gasteiger partial charge in [0.2, 0.25) is 5.91 Å². The average molecular weight is 238 g/mol. The van der Waals surface area contributed by atoms with Crippen molar-refractivity contribution in [3.8, 4) is 11.5 Å². The van der Waals surface area contributed by atoms with Gasteiger partial charge in [-0.2, -0.15) is 0 Å². The van der Waals surface area contributed by atoms with Gasteiger partial charge < -0.3 is 20.9 Å². The molecule has 0 saturated heterocycles. The van der Waals surface area contributed by atoms with Crippen molar-refractivity contribution < 1.29 is 14.3 Å². The van der Waals surface area contributed by atoms with Crippen LogP contribution < -0.4 is 20.9 Å². The summed E-state index contributed by atoms with van der Waals surface area (Å²) in [5.74, 6) is 0.755. The minimum absolute atomic E-state index is 0.390. The van der Waals surface area contributed by atoms with E-state index in [0.29, 0.717) is 17.9 Å². The molecule has 0 aromatic heterocycles. The second-order valence-corrected chi connectivity index (χ2v) is 3.85. The quantitative estimate of drug-likeness (QED) is 0.775. The first-order chi connectivity index (χ1) is 7.99. The molecule has 0 aliphatic rings. The van der Waals surface area contributed by atoms with Crippen molar-refractivity contribution in [1.29, 1.82) is 0 Å². The van der Waals surface area contributed by atoms with Crippen LogP contribution in [0.2, 0.25) is 0 Å². The topological polar surface area (TPSA) is 87.6 Å². The molecule has 17 heavy (non-hydrogen) atoms. The number of primary amides is 1. The molecule has 5 heteroatoms. The molecule has 0 aliphatic heterocycles. The molecule has 0 fully saturated rings. The second-order valence-electron chi connectivity index (χ2n) is 3.85. The summed E-state index contributed by atoms with van der Waals surface area (Å²) in [6.07, 6.45) is 0.390. The number of benzene rings is 1. The minimum atomic E-state index is -0.688. The molecular formula is C12H18N2O3. The summed E-state index contributed by atoms with van der Waals surface area (Å²) in [7, 11) is 3.14. The van der Waals surface area contributed by atoms with Gasteiger partial charge in [-0.15, -0.1) is 0 Å². The summed E-state index contributed by atoms with van der Waals surface area (Å²) in [5.41, 5.74) is 12.7. The lowest BCUT2D eigenvalue weighted by molar-refractivity contribution is -0.119. The number of ether oxygens (including phenoxy) is 2. The lowest BCUT2D eigenvalue weighted by Crippen LogP contribution is -2.38. The zero-order valence-electron chi connectivity index (χ0n) is 10.3. The highest BCUT2D eigenvalue weighted by Crippen LogP contribution is 2.30. The number of hydrogen-bond acceptors (Lipinski definition) is 4. The molecule has 0 heterocycles. The monoisotopic (exact) mass is 238 g/mol. The van der Waals surface area contributed by atoms with Crippen LogP contribution in [0.1, 0.15) is 11.1 Å². The van der Waals surface area contributed by atoms with E-state index in [9.17, 15) is 4.79 Å². The van der Waals surface area contributed by atoms with Crippen LogP contribution in [-0.2, 0) is 11.2 Å². The van der Waals surface area contributed by atoms with Gasteiger partial charge >= 0.3 is 0 Å². The number of carbonyl (C=O) groups is 1. The maximum absolute atomic E-state index is 10.9. The van der Waals surface area contributed by atoms with Gasteiger partial charge in [0.25, 0.3) is 0 Å². The zero-order chi connectivity index (χ0) is 13.0. The number of amides is 1. The number of nitrogens with two attached hydrogens (primary N) is 2. The van der Waals surface area contributed by atoms with E-state index in [1.807, 2.05) is 19.1 Å². The maximum atomic E-state index is 10.9. The Hall–Kier alpha value is -1.75. The minimum Gasteiger partial charge on any atom is -0.493 e. The van der Waals surface area contributed by atoms with Crippen molar-refractivity contribution in [3.05, 3.63) is 23.3 Å². The molecule has 1 aromatic rings. The predicted molar refractivity (Wildman–Crippen MR) is 65.2 cm³/mol. The molecule has 1 atom stereocenters. The third-order valence-corrected chi connectivity index (χ3v) is 2.65. The molecule has 1 unspecified atom stereocenters. The highest BCUT2D eigenvalue weighted by molar-refractivity contribution is 5.80. The molecule has 0 radical (unpaired) electrons. The second kappa shape index (κ2) is 5.54. The molecule has 0 aliphatic carbocycles. The van der Waals surface area contributed by atoms with E-state index in [0.717, 1.165) is 11.1 Å². The van der Waals surface area contributed by atoms with E-state index >= 15 is 0 Å². The van der Waals surface area contributed by atoms with Crippen LogP contribution in [0.3, 0.4) is 0 Å². The van der Waals surface area contributed by atoms with Gasteiger partial charge in [-0.1, -0.05) is 0 Å². The Labute approximate surface area is 101 Å². The molecular weight excluding hydrogens is 220 g/mol. The van der Waals surface area contributed by atoms with Crippen LogP contribution in [0, 0.1) is 6.92 Å². The van der Waals surface area contributed by atoms with Crippen LogP contribution in [0.5, 0.6) is 11.5 Å². The van der Waals surface area contributed by atoms with Gasteiger partial charge in [0.1, 0.15) is 0 Å². The Kier molecular flexibility index (Phi) is 4.34. The molecule has 94 valence electrons. The fraction of sp³-hybridized carbons (Fsp3) is 0.417. The van der Waals surface area contributed by atoms with Crippen molar-refractivity contribution in [3.63, 3.8) is 0 Å². The highest BCUT2D eigenvalue weighted by Gasteiger charge is 2.14. The van der Waals surface area contributed by atoms with Crippen molar-refractivity contribution >= 4 is 5.91 Å². The summed E-state index contributed by atoms with van der Waals surface area (Å²) < 4.78 is 10.4. The van der Waals surface area contributed by atoms with Gasteiger partial charge in [-0.05, 0) is 36.6 Å². The van der Waals surface area contributed by atoms with Gasteiger partial charge in [-0.25, -0.2) is 0 Å². The van der Waals surface area contributed by atoms with Gasteiger partial charge in [-0.3, -0.25) is 4.79 Å². The maximum Gasteiger partial charge on any atom is 0.234 e. The van der Waals surface area contributed by atoms with Gasteiger partial charge in [0, 0.05) is 0 Å². The summed E-state index contributed by atoms with van der Waals surface area (Å²) in [6, 6.07) is 2.98. The van der Waals surface area contributed by atoms with E-state index in [1.165, 1.54) is 0 Å². The lowest BCUT2D eigenvalue weighted by atomic mass is 10.0. The Morgan fingerprint density at radius 1 is 1.29 bits per heavy atom. The molecule has 1 rings (SSSR count). The number of hydrogen-bond donors (Lipinski definition) is 2. The van der Waals surface area contributed by atoms with E-state index in [1.54, 1.807) is 14.2 Å². The van der Waals surface area contributed by atoms with Crippen molar-refractivity contribution in [1.82, 2.24) is 0 Å².